The van der Waals surface area contributed by atoms with Crippen LogP contribution in [0.3, 0.4) is 0 Å². The number of imide groups is 1. The number of nitrogens with zero attached hydrogens (tertiary/aromatic N) is 2. The van der Waals surface area contributed by atoms with Crippen LogP contribution in [0.4, 0.5) is 10.5 Å². The van der Waals surface area contributed by atoms with Crippen molar-refractivity contribution >= 4 is 29.2 Å². The van der Waals surface area contributed by atoms with Crippen LogP contribution >= 0.6 is 11.6 Å². The predicted molar refractivity (Wildman–Crippen MR) is 95.2 cm³/mol. The Balaban J connectivity index is 1.50. The topological polar surface area (TPSA) is 61.9 Å². The molecule has 2 fully saturated rings. The zero-order valence-corrected chi connectivity index (χ0v) is 15.0. The zero-order valence-electron chi connectivity index (χ0n) is 14.3. The van der Waals surface area contributed by atoms with Gasteiger partial charge in [-0.2, -0.15) is 0 Å². The maximum Gasteiger partial charge on any atom is 0.325 e. The van der Waals surface area contributed by atoms with Crippen molar-refractivity contribution in [3.63, 3.8) is 0 Å². The second-order valence-corrected chi connectivity index (χ2v) is 7.55. The molecule has 6 nitrogen and oxygen atoms in total. The summed E-state index contributed by atoms with van der Waals surface area (Å²) >= 11 is 6.25. The van der Waals surface area contributed by atoms with Crippen LogP contribution in [0.15, 0.2) is 18.2 Å². The molecule has 0 aromatic heterocycles. The molecule has 1 N–H and O–H groups in total. The highest BCUT2D eigenvalue weighted by atomic mass is 35.5. The van der Waals surface area contributed by atoms with E-state index >= 15 is 0 Å². The molecule has 1 aromatic carbocycles. The number of hydrogen-bond acceptors (Lipinski definition) is 4. The van der Waals surface area contributed by atoms with Gasteiger partial charge in [0.25, 0.3) is 5.91 Å². The fourth-order valence-electron chi connectivity index (χ4n) is 4.14. The van der Waals surface area contributed by atoms with E-state index in [0.29, 0.717) is 30.4 Å². The average molecular weight is 364 g/mol. The summed E-state index contributed by atoms with van der Waals surface area (Å²) in [6, 6.07) is 5.38. The second-order valence-electron chi connectivity index (χ2n) is 7.14. The summed E-state index contributed by atoms with van der Waals surface area (Å²) in [6.45, 7) is 3.62. The van der Waals surface area contributed by atoms with Crippen LogP contribution in [0.25, 0.3) is 0 Å². The molecule has 1 spiro atoms. The molecule has 25 heavy (non-hydrogen) atoms. The number of carbonyl (C=O) groups excluding carboxylic acids is 2. The van der Waals surface area contributed by atoms with Crippen molar-refractivity contribution in [3.8, 4) is 5.75 Å². The Bertz CT molecular complexity index is 718. The zero-order chi connectivity index (χ0) is 17.6. The third-order valence-electron chi connectivity index (χ3n) is 5.38. The number of benzene rings is 1. The summed E-state index contributed by atoms with van der Waals surface area (Å²) in [5.74, 6) is 0.606. The van der Waals surface area contributed by atoms with Gasteiger partial charge in [0.2, 0.25) is 0 Å². The van der Waals surface area contributed by atoms with Gasteiger partial charge in [-0.25, -0.2) is 4.79 Å². The maximum absolute atomic E-state index is 12.8. The van der Waals surface area contributed by atoms with Crippen molar-refractivity contribution in [3.05, 3.63) is 23.2 Å². The standard InChI is InChI=1S/C18H22ClN3O3/c1-12-11-21(14-6-4-5-13(19)15(14)25-12)9-10-22-16(23)18(20-17(22)24)7-2-3-8-18/h4-6,12H,2-3,7-11H2,1H3,(H,20,24). The van der Waals surface area contributed by atoms with Gasteiger partial charge in [-0.3, -0.25) is 9.69 Å². The van der Waals surface area contributed by atoms with E-state index in [4.69, 9.17) is 16.3 Å². The normalized spacial score (nSPS) is 24.5. The number of amides is 3. The minimum Gasteiger partial charge on any atom is -0.485 e. The van der Waals surface area contributed by atoms with Crippen LogP contribution < -0.4 is 15.0 Å². The van der Waals surface area contributed by atoms with E-state index in [0.717, 1.165) is 31.4 Å². The van der Waals surface area contributed by atoms with Gasteiger partial charge in [-0.15, -0.1) is 0 Å². The molecule has 1 aliphatic carbocycles. The van der Waals surface area contributed by atoms with Crippen molar-refractivity contribution in [2.45, 2.75) is 44.2 Å². The van der Waals surface area contributed by atoms with E-state index in [2.05, 4.69) is 10.2 Å². The first-order valence-corrected chi connectivity index (χ1v) is 9.22. The molecule has 3 amide bonds. The van der Waals surface area contributed by atoms with Crippen molar-refractivity contribution in [2.24, 2.45) is 0 Å². The van der Waals surface area contributed by atoms with Gasteiger partial charge in [0, 0.05) is 13.1 Å². The highest BCUT2D eigenvalue weighted by Gasteiger charge is 2.52. The number of urea groups is 1. The first-order valence-electron chi connectivity index (χ1n) is 8.84. The lowest BCUT2D eigenvalue weighted by Gasteiger charge is -2.36. The molecule has 134 valence electrons. The largest absolute Gasteiger partial charge is 0.485 e. The number of para-hydroxylation sites is 1. The minimum atomic E-state index is -0.642. The number of hydrogen-bond donors (Lipinski definition) is 1. The summed E-state index contributed by atoms with van der Waals surface area (Å²) in [5, 5.41) is 3.50. The third kappa shape index (κ3) is 2.72. The first-order chi connectivity index (χ1) is 12.0. The maximum atomic E-state index is 12.8. The summed E-state index contributed by atoms with van der Waals surface area (Å²) in [5.41, 5.74) is 0.268. The third-order valence-corrected chi connectivity index (χ3v) is 5.68. The number of halogens is 1. The number of carbonyl (C=O) groups is 2. The van der Waals surface area contributed by atoms with E-state index in [1.54, 1.807) is 6.07 Å². The molecule has 1 aromatic rings. The van der Waals surface area contributed by atoms with E-state index < -0.39 is 5.54 Å². The molecule has 3 aliphatic rings. The lowest BCUT2D eigenvalue weighted by molar-refractivity contribution is -0.131. The van der Waals surface area contributed by atoms with Gasteiger partial charge < -0.3 is 15.0 Å². The van der Waals surface area contributed by atoms with Crippen molar-refractivity contribution < 1.29 is 14.3 Å². The molecular weight excluding hydrogens is 342 g/mol. The van der Waals surface area contributed by atoms with Gasteiger partial charge in [0.15, 0.2) is 5.75 Å². The Morgan fingerprint density at radius 3 is 2.80 bits per heavy atom. The minimum absolute atomic E-state index is 0.00307. The Morgan fingerprint density at radius 1 is 1.28 bits per heavy atom. The lowest BCUT2D eigenvalue weighted by Crippen LogP contribution is -2.46. The molecule has 1 atom stereocenters. The van der Waals surface area contributed by atoms with E-state index in [1.807, 2.05) is 19.1 Å². The summed E-state index contributed by atoms with van der Waals surface area (Å²) in [6.07, 6.45) is 3.48. The second kappa shape index (κ2) is 6.09. The Kier molecular flexibility index (Phi) is 4.02. The Labute approximate surface area is 152 Å². The van der Waals surface area contributed by atoms with Crippen LogP contribution in [-0.2, 0) is 4.79 Å². The lowest BCUT2D eigenvalue weighted by atomic mass is 9.98. The molecule has 7 heteroatoms. The molecule has 2 aliphatic heterocycles. The van der Waals surface area contributed by atoms with Crippen molar-refractivity contribution in [2.75, 3.05) is 24.5 Å². The molecular formula is C18H22ClN3O3. The quantitative estimate of drug-likeness (QED) is 0.839. The van der Waals surface area contributed by atoms with Crippen LogP contribution in [-0.4, -0.2) is 48.1 Å². The SMILES string of the molecule is CC1CN(CCN2C(=O)NC3(CCCC3)C2=O)c2cccc(Cl)c2O1. The molecule has 0 radical (unpaired) electrons. The van der Waals surface area contributed by atoms with Crippen molar-refractivity contribution in [1.82, 2.24) is 10.2 Å². The molecule has 4 rings (SSSR count). The Morgan fingerprint density at radius 2 is 2.04 bits per heavy atom. The monoisotopic (exact) mass is 363 g/mol. The highest BCUT2D eigenvalue weighted by Crippen LogP contribution is 2.39. The van der Waals surface area contributed by atoms with Crippen LogP contribution in [0.5, 0.6) is 5.75 Å². The number of nitrogens with one attached hydrogen (secondary N) is 1. The van der Waals surface area contributed by atoms with E-state index in [9.17, 15) is 9.59 Å². The van der Waals surface area contributed by atoms with Gasteiger partial charge in [-0.1, -0.05) is 30.5 Å². The van der Waals surface area contributed by atoms with E-state index in [-0.39, 0.29) is 18.0 Å². The summed E-state index contributed by atoms with van der Waals surface area (Å²) in [7, 11) is 0. The fourth-order valence-corrected chi connectivity index (χ4v) is 4.35. The molecule has 2 heterocycles. The molecule has 0 bridgehead atoms. The van der Waals surface area contributed by atoms with Gasteiger partial charge in [0.1, 0.15) is 11.6 Å². The number of fused-ring (bicyclic) bond motifs is 1. The van der Waals surface area contributed by atoms with Crippen LogP contribution in [0, 0.1) is 0 Å². The average Bonchev–Trinajstić information content (AvgIpc) is 3.13. The molecule has 1 saturated heterocycles. The van der Waals surface area contributed by atoms with Gasteiger partial charge >= 0.3 is 6.03 Å². The highest BCUT2D eigenvalue weighted by molar-refractivity contribution is 6.32. The number of anilines is 1. The Hall–Kier alpha value is -1.95. The van der Waals surface area contributed by atoms with Gasteiger partial charge in [0.05, 0.1) is 17.3 Å². The van der Waals surface area contributed by atoms with Gasteiger partial charge in [-0.05, 0) is 31.9 Å². The van der Waals surface area contributed by atoms with Crippen molar-refractivity contribution in [1.29, 1.82) is 0 Å². The smallest absolute Gasteiger partial charge is 0.325 e. The molecule has 1 saturated carbocycles. The first kappa shape index (κ1) is 16.5. The number of rotatable bonds is 3. The summed E-state index contributed by atoms with van der Waals surface area (Å²) in [4.78, 5) is 28.6. The van der Waals surface area contributed by atoms with E-state index in [1.165, 1.54) is 4.90 Å². The predicted octanol–water partition coefficient (Wildman–Crippen LogP) is 2.79. The fraction of sp³-hybridized carbons (Fsp3) is 0.556. The molecule has 1 unspecified atom stereocenters. The number of ether oxygens (including phenoxy) is 1. The van der Waals surface area contributed by atoms with Crippen LogP contribution in [0.2, 0.25) is 5.02 Å². The van der Waals surface area contributed by atoms with Crippen LogP contribution in [0.1, 0.15) is 32.6 Å². The summed E-state index contributed by atoms with van der Waals surface area (Å²) < 4.78 is 5.85.